The average Bonchev–Trinajstić information content (AvgIpc) is 2.94. The number of hydrogen-bond donors (Lipinski definition) is 2. The Balaban J connectivity index is 1.83. The van der Waals surface area contributed by atoms with Crippen molar-refractivity contribution in [3.8, 4) is 11.4 Å². The Kier molecular flexibility index (Phi) is 3.42. The molecule has 3 rings (SSSR count). The van der Waals surface area contributed by atoms with Crippen molar-refractivity contribution < 1.29 is 0 Å². The van der Waals surface area contributed by atoms with E-state index in [0.29, 0.717) is 0 Å². The third-order valence-electron chi connectivity index (χ3n) is 3.74. The van der Waals surface area contributed by atoms with Crippen LogP contribution < -0.4 is 5.32 Å². The summed E-state index contributed by atoms with van der Waals surface area (Å²) >= 11 is 0. The van der Waals surface area contributed by atoms with Crippen LogP contribution in [0.2, 0.25) is 0 Å². The Bertz CT molecular complexity index is 484. The largest absolute Gasteiger partial charge is 0.345 e. The van der Waals surface area contributed by atoms with Crippen molar-refractivity contribution in [3.63, 3.8) is 0 Å². The van der Waals surface area contributed by atoms with Crippen LogP contribution in [0.1, 0.15) is 18.4 Å². The normalized spacial score (nSPS) is 16.9. The quantitative estimate of drug-likeness (QED) is 0.867. The summed E-state index contributed by atoms with van der Waals surface area (Å²) in [6.45, 7) is 2.32. The van der Waals surface area contributed by atoms with Gasteiger partial charge in [-0.1, -0.05) is 24.3 Å². The van der Waals surface area contributed by atoms with Crippen LogP contribution in [-0.4, -0.2) is 23.1 Å². The topological polar surface area (TPSA) is 40.7 Å². The molecule has 0 radical (unpaired) electrons. The van der Waals surface area contributed by atoms with Crippen LogP contribution >= 0.6 is 0 Å². The fraction of sp³-hybridized carbons (Fsp3) is 0.400. The first-order chi connectivity index (χ1) is 8.93. The Morgan fingerprint density at radius 3 is 2.78 bits per heavy atom. The fourth-order valence-corrected chi connectivity index (χ4v) is 2.74. The summed E-state index contributed by atoms with van der Waals surface area (Å²) < 4.78 is 0. The van der Waals surface area contributed by atoms with E-state index in [0.717, 1.165) is 24.8 Å². The number of aromatic nitrogens is 2. The predicted molar refractivity (Wildman–Crippen MR) is 73.3 cm³/mol. The van der Waals surface area contributed by atoms with Gasteiger partial charge in [0.2, 0.25) is 0 Å². The lowest BCUT2D eigenvalue weighted by Crippen LogP contribution is -2.28. The molecule has 0 amide bonds. The summed E-state index contributed by atoms with van der Waals surface area (Å²) in [6, 6.07) is 8.61. The van der Waals surface area contributed by atoms with Crippen LogP contribution in [0.4, 0.5) is 0 Å². The first-order valence-corrected chi connectivity index (χ1v) is 6.72. The van der Waals surface area contributed by atoms with Crippen LogP contribution in [0.15, 0.2) is 36.7 Å². The van der Waals surface area contributed by atoms with Gasteiger partial charge in [-0.05, 0) is 43.8 Å². The summed E-state index contributed by atoms with van der Waals surface area (Å²) in [7, 11) is 0. The number of nitrogens with one attached hydrogen (secondary N) is 2. The Hall–Kier alpha value is -1.61. The summed E-state index contributed by atoms with van der Waals surface area (Å²) in [5.41, 5.74) is 2.67. The van der Waals surface area contributed by atoms with Crippen molar-refractivity contribution >= 4 is 0 Å². The maximum atomic E-state index is 4.37. The molecule has 0 spiro atoms. The number of piperidine rings is 1. The number of H-pyrrole nitrogens is 1. The number of hydrogen-bond acceptors (Lipinski definition) is 2. The molecule has 3 nitrogen and oxygen atoms in total. The molecule has 0 unspecified atom stereocenters. The zero-order valence-electron chi connectivity index (χ0n) is 10.5. The van der Waals surface area contributed by atoms with Gasteiger partial charge in [0.05, 0.1) is 0 Å². The van der Waals surface area contributed by atoms with E-state index in [-0.39, 0.29) is 0 Å². The first kappa shape index (κ1) is 11.5. The Labute approximate surface area is 108 Å². The van der Waals surface area contributed by atoms with E-state index < -0.39 is 0 Å². The monoisotopic (exact) mass is 241 g/mol. The molecule has 0 aliphatic carbocycles. The molecule has 0 saturated carbocycles. The molecule has 1 aromatic carbocycles. The van der Waals surface area contributed by atoms with Gasteiger partial charge in [0.15, 0.2) is 0 Å². The summed E-state index contributed by atoms with van der Waals surface area (Å²) in [5, 5.41) is 3.42. The third kappa shape index (κ3) is 2.46. The molecule has 3 heteroatoms. The number of nitrogens with zero attached hydrogens (tertiary/aromatic N) is 1. The number of aromatic amines is 1. The van der Waals surface area contributed by atoms with Gasteiger partial charge in [-0.2, -0.15) is 0 Å². The molecule has 1 saturated heterocycles. The van der Waals surface area contributed by atoms with E-state index >= 15 is 0 Å². The van der Waals surface area contributed by atoms with Gasteiger partial charge >= 0.3 is 0 Å². The molecule has 94 valence electrons. The van der Waals surface area contributed by atoms with Crippen LogP contribution in [0, 0.1) is 5.92 Å². The lowest BCUT2D eigenvalue weighted by atomic mass is 9.89. The van der Waals surface area contributed by atoms with Crippen LogP contribution in [0.25, 0.3) is 11.4 Å². The summed E-state index contributed by atoms with van der Waals surface area (Å²) in [5.74, 6) is 1.79. The molecule has 2 N–H and O–H groups in total. The SMILES string of the molecule is c1ccc(-c2ncc[nH]2)c(CC2CCNCC2)c1. The lowest BCUT2D eigenvalue weighted by molar-refractivity contribution is 0.373. The van der Waals surface area contributed by atoms with E-state index in [4.69, 9.17) is 0 Å². The zero-order valence-corrected chi connectivity index (χ0v) is 10.5. The van der Waals surface area contributed by atoms with Gasteiger partial charge in [0.1, 0.15) is 5.82 Å². The molecule has 0 atom stereocenters. The highest BCUT2D eigenvalue weighted by Crippen LogP contribution is 2.25. The van der Waals surface area contributed by atoms with Gasteiger partial charge in [-0.25, -0.2) is 4.98 Å². The second-order valence-electron chi connectivity index (χ2n) is 4.99. The number of benzene rings is 1. The van der Waals surface area contributed by atoms with Gasteiger partial charge in [-0.3, -0.25) is 0 Å². The van der Waals surface area contributed by atoms with E-state index in [2.05, 4.69) is 39.6 Å². The summed E-state index contributed by atoms with van der Waals surface area (Å²) in [6.07, 6.45) is 7.44. The van der Waals surface area contributed by atoms with Crippen molar-refractivity contribution in [3.05, 3.63) is 42.2 Å². The molecular formula is C15H19N3. The standard InChI is InChI=1S/C15H19N3/c1-2-4-14(15-17-9-10-18-15)13(3-1)11-12-5-7-16-8-6-12/h1-4,9-10,12,16H,5-8,11H2,(H,17,18). The number of imidazole rings is 1. The highest BCUT2D eigenvalue weighted by Gasteiger charge is 2.16. The minimum atomic E-state index is 0.808. The second kappa shape index (κ2) is 5.36. The van der Waals surface area contributed by atoms with E-state index in [1.807, 2.05) is 12.4 Å². The van der Waals surface area contributed by atoms with Crippen molar-refractivity contribution in [2.75, 3.05) is 13.1 Å². The average molecular weight is 241 g/mol. The highest BCUT2D eigenvalue weighted by molar-refractivity contribution is 5.60. The maximum absolute atomic E-state index is 4.37. The highest BCUT2D eigenvalue weighted by atomic mass is 14.9. The van der Waals surface area contributed by atoms with E-state index in [1.165, 1.54) is 30.4 Å². The molecular weight excluding hydrogens is 222 g/mol. The van der Waals surface area contributed by atoms with Gasteiger partial charge in [0, 0.05) is 18.0 Å². The smallest absolute Gasteiger partial charge is 0.137 e. The van der Waals surface area contributed by atoms with Gasteiger partial charge < -0.3 is 10.3 Å². The van der Waals surface area contributed by atoms with E-state index in [9.17, 15) is 0 Å². The maximum Gasteiger partial charge on any atom is 0.137 e. The molecule has 0 bridgehead atoms. The predicted octanol–water partition coefficient (Wildman–Crippen LogP) is 2.62. The number of rotatable bonds is 3. The molecule has 2 aromatic rings. The first-order valence-electron chi connectivity index (χ1n) is 6.72. The minimum Gasteiger partial charge on any atom is -0.345 e. The van der Waals surface area contributed by atoms with Crippen molar-refractivity contribution in [2.24, 2.45) is 5.92 Å². The second-order valence-corrected chi connectivity index (χ2v) is 4.99. The van der Waals surface area contributed by atoms with Crippen molar-refractivity contribution in [2.45, 2.75) is 19.3 Å². The fourth-order valence-electron chi connectivity index (χ4n) is 2.74. The lowest BCUT2D eigenvalue weighted by Gasteiger charge is -2.23. The third-order valence-corrected chi connectivity index (χ3v) is 3.74. The van der Waals surface area contributed by atoms with Gasteiger partial charge in [-0.15, -0.1) is 0 Å². The molecule has 18 heavy (non-hydrogen) atoms. The van der Waals surface area contributed by atoms with Crippen LogP contribution in [0.5, 0.6) is 0 Å². The molecule has 1 fully saturated rings. The molecule has 1 aliphatic heterocycles. The van der Waals surface area contributed by atoms with E-state index in [1.54, 1.807) is 0 Å². The van der Waals surface area contributed by atoms with Crippen molar-refractivity contribution in [1.29, 1.82) is 0 Å². The Morgan fingerprint density at radius 1 is 1.17 bits per heavy atom. The van der Waals surface area contributed by atoms with Crippen LogP contribution in [-0.2, 0) is 6.42 Å². The molecule has 1 aliphatic rings. The molecule has 2 heterocycles. The zero-order chi connectivity index (χ0) is 12.2. The van der Waals surface area contributed by atoms with Crippen LogP contribution in [0.3, 0.4) is 0 Å². The Morgan fingerprint density at radius 2 is 2.00 bits per heavy atom. The van der Waals surface area contributed by atoms with Crippen molar-refractivity contribution in [1.82, 2.24) is 15.3 Å². The summed E-state index contributed by atoms with van der Waals surface area (Å²) in [4.78, 5) is 7.58. The minimum absolute atomic E-state index is 0.808. The van der Waals surface area contributed by atoms with Gasteiger partial charge in [0.25, 0.3) is 0 Å². The molecule has 1 aromatic heterocycles.